The molecule has 0 N–H and O–H groups in total. The Balaban J connectivity index is 2.48. The van der Waals surface area contributed by atoms with E-state index in [1.165, 1.54) is 56.5 Å². The molecule has 0 saturated heterocycles. The van der Waals surface area contributed by atoms with Gasteiger partial charge in [0.1, 0.15) is 17.3 Å². The van der Waals surface area contributed by atoms with E-state index in [1.54, 1.807) is 0 Å². The van der Waals surface area contributed by atoms with Crippen molar-refractivity contribution in [2.75, 3.05) is 0 Å². The van der Waals surface area contributed by atoms with E-state index in [9.17, 15) is 0 Å². The van der Waals surface area contributed by atoms with Gasteiger partial charge >= 0.3 is 0 Å². The van der Waals surface area contributed by atoms with Gasteiger partial charge in [-0.2, -0.15) is 0 Å². The Morgan fingerprint density at radius 1 is 0.680 bits per heavy atom. The maximum Gasteiger partial charge on any atom is 0.183 e. The van der Waals surface area contributed by atoms with Gasteiger partial charge in [-0.05, 0) is 32.1 Å². The molecule has 0 fully saturated rings. The molecule has 0 bridgehead atoms. The molecule has 25 heavy (non-hydrogen) atoms. The number of unbranched alkanes of at least 4 members (excludes halogenated alkanes) is 4. The molecule has 0 unspecified atom stereocenters. The highest BCUT2D eigenvalue weighted by atomic mass is 15.1. The van der Waals surface area contributed by atoms with Crippen molar-refractivity contribution in [2.24, 2.45) is 0 Å². The van der Waals surface area contributed by atoms with Crippen LogP contribution in [0.5, 0.6) is 0 Å². The van der Waals surface area contributed by atoms with Crippen LogP contribution in [-0.4, -0.2) is 19.5 Å². The second kappa shape index (κ2) is 10.5. The number of imidazole rings is 1. The molecule has 2 rings (SSSR count). The van der Waals surface area contributed by atoms with Crippen LogP contribution in [-0.2, 0) is 25.8 Å². The van der Waals surface area contributed by atoms with Crippen molar-refractivity contribution in [1.29, 1.82) is 0 Å². The fourth-order valence-corrected chi connectivity index (χ4v) is 3.27. The van der Waals surface area contributed by atoms with Crippen LogP contribution in [0.3, 0.4) is 0 Å². The highest BCUT2D eigenvalue weighted by molar-refractivity contribution is 5.55. The SMILES string of the molecule is CCCCc1nc2nc(CCCC)n(CCCC)c(CCCC)c-2n1. The molecule has 2 heterocycles. The number of rotatable bonds is 12. The van der Waals surface area contributed by atoms with Gasteiger partial charge in [-0.15, -0.1) is 0 Å². The van der Waals surface area contributed by atoms with Gasteiger partial charge < -0.3 is 4.57 Å². The zero-order chi connectivity index (χ0) is 18.1. The molecule has 2 aliphatic rings. The van der Waals surface area contributed by atoms with E-state index in [0.717, 1.165) is 49.6 Å². The van der Waals surface area contributed by atoms with Gasteiger partial charge in [0.25, 0.3) is 0 Å². The van der Waals surface area contributed by atoms with Crippen LogP contribution in [0.4, 0.5) is 0 Å². The van der Waals surface area contributed by atoms with Gasteiger partial charge in [-0.3, -0.25) is 0 Å². The summed E-state index contributed by atoms with van der Waals surface area (Å²) in [5.41, 5.74) is 2.44. The lowest BCUT2D eigenvalue weighted by Crippen LogP contribution is -2.17. The van der Waals surface area contributed by atoms with Gasteiger partial charge in [0.2, 0.25) is 0 Å². The largest absolute Gasteiger partial charge is 0.331 e. The first kappa shape index (κ1) is 19.9. The number of hydrogen-bond acceptors (Lipinski definition) is 3. The number of aryl methyl sites for hydroxylation is 2. The minimum atomic E-state index is 0.885. The normalized spacial score (nSPS) is 11.5. The van der Waals surface area contributed by atoms with Crippen molar-refractivity contribution in [3.63, 3.8) is 0 Å². The summed E-state index contributed by atoms with van der Waals surface area (Å²) >= 11 is 0. The average Bonchev–Trinajstić information content (AvgIpc) is 3.03. The highest BCUT2D eigenvalue weighted by Crippen LogP contribution is 2.26. The van der Waals surface area contributed by atoms with Crippen LogP contribution in [0.15, 0.2) is 0 Å². The van der Waals surface area contributed by atoms with Crippen molar-refractivity contribution >= 4 is 0 Å². The maximum atomic E-state index is 4.95. The van der Waals surface area contributed by atoms with E-state index < -0.39 is 0 Å². The topological polar surface area (TPSA) is 43.6 Å². The smallest absolute Gasteiger partial charge is 0.183 e. The summed E-state index contributed by atoms with van der Waals surface area (Å²) in [5, 5.41) is 0. The quantitative estimate of drug-likeness (QED) is 0.503. The lowest BCUT2D eigenvalue weighted by atomic mass is 10.1. The molecule has 0 saturated carbocycles. The third-order valence-corrected chi connectivity index (χ3v) is 4.84. The number of nitrogens with zero attached hydrogens (tertiary/aromatic N) is 4. The first-order valence-corrected chi connectivity index (χ1v) is 10.5. The fourth-order valence-electron chi connectivity index (χ4n) is 3.27. The van der Waals surface area contributed by atoms with E-state index in [-0.39, 0.29) is 0 Å². The lowest BCUT2D eigenvalue weighted by molar-refractivity contribution is 0.544. The average molecular weight is 345 g/mol. The summed E-state index contributed by atoms with van der Waals surface area (Å²) in [7, 11) is 0. The Labute approximate surface area is 153 Å². The molecule has 4 heteroatoms. The zero-order valence-electron chi connectivity index (χ0n) is 16.8. The molecule has 0 aromatic heterocycles. The molecule has 0 spiro atoms. The predicted molar refractivity (Wildman–Crippen MR) is 105 cm³/mol. The van der Waals surface area contributed by atoms with Crippen molar-refractivity contribution in [3.05, 3.63) is 17.3 Å². The first-order chi connectivity index (χ1) is 12.2. The zero-order valence-corrected chi connectivity index (χ0v) is 16.8. The summed E-state index contributed by atoms with van der Waals surface area (Å²) < 4.78 is 2.48. The molecule has 0 aromatic carbocycles. The number of aromatic nitrogens is 4. The molecule has 0 amide bonds. The standard InChI is InChI=1S/C21H36N4/c1-5-9-13-17-20-21(23-18(22-20)14-10-6-2)24-19(15-11-7-3)25(17)16-12-8-4/h5-16H2,1-4H3. The summed E-state index contributed by atoms with van der Waals surface area (Å²) in [6.45, 7) is 10.0. The molecule has 2 aliphatic heterocycles. The summed E-state index contributed by atoms with van der Waals surface area (Å²) in [6, 6.07) is 0. The highest BCUT2D eigenvalue weighted by Gasteiger charge is 2.22. The van der Waals surface area contributed by atoms with Crippen LogP contribution in [0.2, 0.25) is 0 Å². The number of fused-ring (bicyclic) bond motifs is 1. The molecule has 140 valence electrons. The van der Waals surface area contributed by atoms with Gasteiger partial charge in [0, 0.05) is 25.1 Å². The van der Waals surface area contributed by atoms with E-state index in [1.807, 2.05) is 0 Å². The third-order valence-electron chi connectivity index (χ3n) is 4.84. The van der Waals surface area contributed by atoms with Crippen molar-refractivity contribution in [2.45, 2.75) is 105 Å². The van der Waals surface area contributed by atoms with E-state index >= 15 is 0 Å². The minimum Gasteiger partial charge on any atom is -0.331 e. The Hall–Kier alpha value is -1.45. The summed E-state index contributed by atoms with van der Waals surface area (Å²) in [5.74, 6) is 3.09. The van der Waals surface area contributed by atoms with Crippen LogP contribution < -0.4 is 0 Å². The van der Waals surface area contributed by atoms with Crippen LogP contribution >= 0.6 is 0 Å². The minimum absolute atomic E-state index is 0.885. The second-order valence-electron chi connectivity index (χ2n) is 7.10. The van der Waals surface area contributed by atoms with Crippen LogP contribution in [0.1, 0.15) is 96.4 Å². The predicted octanol–water partition coefficient (Wildman–Crippen LogP) is 5.61. The Kier molecular flexibility index (Phi) is 8.36. The third kappa shape index (κ3) is 5.26. The van der Waals surface area contributed by atoms with E-state index in [2.05, 4.69) is 32.3 Å². The lowest BCUT2D eigenvalue weighted by Gasteiger charge is -2.20. The molecule has 0 atom stereocenters. The molecule has 0 aliphatic carbocycles. The molecular weight excluding hydrogens is 308 g/mol. The van der Waals surface area contributed by atoms with Crippen molar-refractivity contribution < 1.29 is 0 Å². The summed E-state index contributed by atoms with van der Waals surface area (Å²) in [4.78, 5) is 14.6. The van der Waals surface area contributed by atoms with Gasteiger partial charge in [0.15, 0.2) is 5.82 Å². The Morgan fingerprint density at radius 3 is 2.00 bits per heavy atom. The van der Waals surface area contributed by atoms with Crippen molar-refractivity contribution in [3.8, 4) is 11.5 Å². The second-order valence-corrected chi connectivity index (χ2v) is 7.10. The first-order valence-electron chi connectivity index (χ1n) is 10.5. The fraction of sp³-hybridized carbons (Fsp3) is 0.762. The van der Waals surface area contributed by atoms with Gasteiger partial charge in [-0.25, -0.2) is 15.0 Å². The monoisotopic (exact) mass is 344 g/mol. The van der Waals surface area contributed by atoms with Gasteiger partial charge in [-0.1, -0.05) is 53.4 Å². The maximum absolute atomic E-state index is 4.95. The van der Waals surface area contributed by atoms with Crippen molar-refractivity contribution in [1.82, 2.24) is 19.5 Å². The molecule has 0 aromatic rings. The van der Waals surface area contributed by atoms with E-state index in [4.69, 9.17) is 15.0 Å². The molecule has 0 radical (unpaired) electrons. The van der Waals surface area contributed by atoms with Crippen LogP contribution in [0, 0.1) is 0 Å². The van der Waals surface area contributed by atoms with Crippen LogP contribution in [0.25, 0.3) is 11.5 Å². The Morgan fingerprint density at radius 2 is 1.32 bits per heavy atom. The molecule has 4 nitrogen and oxygen atoms in total. The Bertz CT molecular complexity index is 603. The molecular formula is C21H36N4. The van der Waals surface area contributed by atoms with E-state index in [0.29, 0.717) is 0 Å². The number of hydrogen-bond donors (Lipinski definition) is 0. The van der Waals surface area contributed by atoms with Gasteiger partial charge in [0.05, 0.1) is 0 Å². The summed E-state index contributed by atoms with van der Waals surface area (Å²) in [6.07, 6.45) is 12.6.